The van der Waals surface area contributed by atoms with Gasteiger partial charge in [-0.05, 0) is 57.8 Å². The van der Waals surface area contributed by atoms with E-state index in [1.54, 1.807) is 6.08 Å². The fourth-order valence-electron chi connectivity index (χ4n) is 10.3. The second-order valence-corrected chi connectivity index (χ2v) is 22.9. The molecule has 0 aliphatic carbocycles. The Hall–Kier alpha value is -2.12. The maximum Gasteiger partial charge on any atom is 0.306 e. The minimum absolute atomic E-state index is 0.126. The van der Waals surface area contributed by atoms with Crippen molar-refractivity contribution in [1.29, 1.82) is 0 Å². The van der Waals surface area contributed by atoms with Crippen molar-refractivity contribution in [3.63, 3.8) is 0 Å². The van der Waals surface area contributed by atoms with Gasteiger partial charge in [0.1, 0.15) is 24.4 Å². The number of esters is 1. The van der Waals surface area contributed by atoms with Gasteiger partial charge in [-0.3, -0.25) is 9.59 Å². The smallest absolute Gasteiger partial charge is 0.306 e. The van der Waals surface area contributed by atoms with Crippen molar-refractivity contribution in [3.05, 3.63) is 36.5 Å². The highest BCUT2D eigenvalue weighted by atomic mass is 16.7. The summed E-state index contributed by atoms with van der Waals surface area (Å²) < 4.78 is 17.7. The number of rotatable bonds is 56. The molecule has 1 amide bonds. The Labute approximate surface area is 473 Å². The van der Waals surface area contributed by atoms with E-state index in [-0.39, 0.29) is 13.0 Å². The molecule has 0 aromatic carbocycles. The van der Waals surface area contributed by atoms with E-state index in [4.69, 9.17) is 14.2 Å². The molecule has 452 valence electrons. The van der Waals surface area contributed by atoms with Crippen molar-refractivity contribution in [2.75, 3.05) is 13.2 Å². The molecule has 0 aromatic heterocycles. The van der Waals surface area contributed by atoms with E-state index in [9.17, 15) is 35.1 Å². The number of carbonyl (C=O) groups excluding carboxylic acids is 2. The molecule has 0 aromatic rings. The van der Waals surface area contributed by atoms with Crippen LogP contribution in [0.5, 0.6) is 0 Å². The van der Waals surface area contributed by atoms with Gasteiger partial charge in [0, 0.05) is 6.42 Å². The molecule has 8 atom stereocenters. The van der Waals surface area contributed by atoms with Gasteiger partial charge in [-0.25, -0.2) is 0 Å². The maximum absolute atomic E-state index is 13.4. The van der Waals surface area contributed by atoms with Gasteiger partial charge >= 0.3 is 5.97 Å². The summed E-state index contributed by atoms with van der Waals surface area (Å²) in [6.45, 7) is 5.79. The lowest BCUT2D eigenvalue weighted by Crippen LogP contribution is -2.61. The average molecular weight is 1090 g/mol. The molecule has 1 rings (SSSR count). The zero-order valence-corrected chi connectivity index (χ0v) is 50.1. The van der Waals surface area contributed by atoms with Gasteiger partial charge in [-0.1, -0.05) is 282 Å². The molecule has 1 heterocycles. The summed E-state index contributed by atoms with van der Waals surface area (Å²) in [4.78, 5) is 26.6. The zero-order valence-electron chi connectivity index (χ0n) is 50.1. The average Bonchev–Trinajstić information content (AvgIpc) is 3.43. The zero-order chi connectivity index (χ0) is 56.1. The van der Waals surface area contributed by atoms with E-state index in [2.05, 4.69) is 50.4 Å². The minimum Gasteiger partial charge on any atom is -0.454 e. The molecule has 0 bridgehead atoms. The first-order chi connectivity index (χ1) is 37.7. The Kier molecular flexibility index (Phi) is 51.6. The Bertz CT molecular complexity index is 1390. The number of nitrogens with one attached hydrogen (secondary N) is 1. The SMILES string of the molecule is CCCCC/C=C\C/C=C\CCCCCCCCCCCCCCCC(=O)OC1C(OCC(NC(=O)C(O)CCCCCCCCCCCCCC)C(O)/C=C/CCCCCCCCCCCCC)OC(CO)C(O)C1O. The van der Waals surface area contributed by atoms with Crippen LogP contribution in [0, 0.1) is 0 Å². The Morgan fingerprint density at radius 3 is 1.35 bits per heavy atom. The third-order valence-electron chi connectivity index (χ3n) is 15.5. The van der Waals surface area contributed by atoms with Crippen LogP contribution in [-0.2, 0) is 23.8 Å². The fourth-order valence-corrected chi connectivity index (χ4v) is 10.3. The fraction of sp³-hybridized carbons (Fsp3) is 0.879. The van der Waals surface area contributed by atoms with Crippen LogP contribution < -0.4 is 5.32 Å². The number of hydrogen-bond donors (Lipinski definition) is 6. The Balaban J connectivity index is 2.60. The van der Waals surface area contributed by atoms with Gasteiger partial charge in [0.2, 0.25) is 5.91 Å². The van der Waals surface area contributed by atoms with Gasteiger partial charge in [0.25, 0.3) is 0 Å². The summed E-state index contributed by atoms with van der Waals surface area (Å²) in [6.07, 6.45) is 54.7. The van der Waals surface area contributed by atoms with Gasteiger partial charge < -0.3 is 45.1 Å². The second kappa shape index (κ2) is 54.5. The van der Waals surface area contributed by atoms with E-state index in [1.807, 2.05) is 6.08 Å². The van der Waals surface area contributed by atoms with Gasteiger partial charge in [-0.2, -0.15) is 0 Å². The standard InChI is InChI=1S/C66H123NO10/c1-4-7-10-13-16-19-22-25-26-27-28-29-30-31-32-33-34-36-39-42-45-48-51-54-61(71)77-64-63(73)62(72)60(55-68)76-66(64)75-56-57(58(69)52-49-46-43-40-38-35-23-20-17-14-11-8-5-2)67-65(74)59(70)53-50-47-44-41-37-24-21-18-15-12-9-6-3/h16,19,25-26,49,52,57-60,62-64,66,68-70,72-73H,4-15,17-18,20-24,27-48,50-51,53-56H2,1-3H3,(H,67,74)/b19-16-,26-25-,52-49+. The first-order valence-electron chi connectivity index (χ1n) is 32.8. The highest BCUT2D eigenvalue weighted by molar-refractivity contribution is 5.80. The quantitative estimate of drug-likeness (QED) is 0.0195. The summed E-state index contributed by atoms with van der Waals surface area (Å²) in [6, 6.07) is -1.02. The van der Waals surface area contributed by atoms with Crippen molar-refractivity contribution in [2.45, 2.75) is 359 Å². The summed E-state index contributed by atoms with van der Waals surface area (Å²) in [5, 5.41) is 57.0. The van der Waals surface area contributed by atoms with Gasteiger partial charge in [-0.15, -0.1) is 0 Å². The van der Waals surface area contributed by atoms with Crippen molar-refractivity contribution in [3.8, 4) is 0 Å². The third-order valence-corrected chi connectivity index (χ3v) is 15.5. The molecule has 1 saturated heterocycles. The molecule has 6 N–H and O–H groups in total. The monoisotopic (exact) mass is 1090 g/mol. The van der Waals surface area contributed by atoms with Crippen LogP contribution in [0.4, 0.5) is 0 Å². The molecule has 1 aliphatic rings. The Morgan fingerprint density at radius 2 is 0.896 bits per heavy atom. The van der Waals surface area contributed by atoms with Crippen LogP contribution in [0.1, 0.15) is 310 Å². The molecule has 1 fully saturated rings. The normalized spacial score (nSPS) is 19.2. The minimum atomic E-state index is -1.61. The van der Waals surface area contributed by atoms with Crippen LogP contribution in [0.2, 0.25) is 0 Å². The predicted octanol–water partition coefficient (Wildman–Crippen LogP) is 15.8. The number of aliphatic hydroxyl groups excluding tert-OH is 5. The lowest BCUT2D eigenvalue weighted by atomic mass is 9.99. The van der Waals surface area contributed by atoms with Crippen LogP contribution in [-0.4, -0.2) is 99.6 Å². The van der Waals surface area contributed by atoms with Gasteiger partial charge in [0.05, 0.1) is 25.4 Å². The van der Waals surface area contributed by atoms with E-state index in [0.717, 1.165) is 64.2 Å². The number of carbonyl (C=O) groups is 2. The topological polar surface area (TPSA) is 175 Å². The molecule has 0 spiro atoms. The largest absolute Gasteiger partial charge is 0.454 e. The lowest BCUT2D eigenvalue weighted by molar-refractivity contribution is -0.305. The first kappa shape index (κ1) is 72.9. The van der Waals surface area contributed by atoms with Crippen molar-refractivity contribution in [1.82, 2.24) is 5.32 Å². The Morgan fingerprint density at radius 1 is 0.506 bits per heavy atom. The molecule has 1 aliphatic heterocycles. The lowest BCUT2D eigenvalue weighted by Gasteiger charge is -2.41. The number of ether oxygens (including phenoxy) is 3. The molecular weight excluding hydrogens is 967 g/mol. The van der Waals surface area contributed by atoms with E-state index in [1.165, 1.54) is 199 Å². The van der Waals surface area contributed by atoms with Crippen LogP contribution >= 0.6 is 0 Å². The summed E-state index contributed by atoms with van der Waals surface area (Å²) in [5.74, 6) is -1.18. The second-order valence-electron chi connectivity index (χ2n) is 22.9. The molecule has 8 unspecified atom stereocenters. The number of hydrogen-bond acceptors (Lipinski definition) is 10. The number of amides is 1. The molecule has 0 saturated carbocycles. The van der Waals surface area contributed by atoms with E-state index >= 15 is 0 Å². The predicted molar refractivity (Wildman–Crippen MR) is 320 cm³/mol. The summed E-state index contributed by atoms with van der Waals surface area (Å²) in [5.41, 5.74) is 0. The van der Waals surface area contributed by atoms with Crippen LogP contribution in [0.25, 0.3) is 0 Å². The number of allylic oxidation sites excluding steroid dienone is 5. The summed E-state index contributed by atoms with van der Waals surface area (Å²) in [7, 11) is 0. The highest BCUT2D eigenvalue weighted by Crippen LogP contribution is 2.26. The molecule has 0 radical (unpaired) electrons. The number of aliphatic hydroxyl groups is 5. The summed E-state index contributed by atoms with van der Waals surface area (Å²) >= 11 is 0. The maximum atomic E-state index is 13.4. The highest BCUT2D eigenvalue weighted by Gasteiger charge is 2.47. The van der Waals surface area contributed by atoms with Crippen molar-refractivity contribution < 1.29 is 49.3 Å². The number of unbranched alkanes of at least 4 members (excludes halogenated alkanes) is 38. The molecule has 11 heteroatoms. The van der Waals surface area contributed by atoms with Crippen molar-refractivity contribution >= 4 is 11.9 Å². The van der Waals surface area contributed by atoms with Gasteiger partial charge in [0.15, 0.2) is 12.4 Å². The molecule has 11 nitrogen and oxygen atoms in total. The van der Waals surface area contributed by atoms with Crippen LogP contribution in [0.3, 0.4) is 0 Å². The first-order valence-corrected chi connectivity index (χ1v) is 32.8. The van der Waals surface area contributed by atoms with Crippen molar-refractivity contribution in [2.24, 2.45) is 0 Å². The molecular formula is C66H123NO10. The third kappa shape index (κ3) is 42.4. The molecule has 77 heavy (non-hydrogen) atoms. The van der Waals surface area contributed by atoms with Crippen LogP contribution in [0.15, 0.2) is 36.5 Å². The van der Waals surface area contributed by atoms with E-state index in [0.29, 0.717) is 19.3 Å². The van der Waals surface area contributed by atoms with E-state index < -0.39 is 67.4 Å².